The summed E-state index contributed by atoms with van der Waals surface area (Å²) in [6, 6.07) is 4.14. The Labute approximate surface area is 91.9 Å². The van der Waals surface area contributed by atoms with Gasteiger partial charge in [-0.2, -0.15) is 0 Å². The summed E-state index contributed by atoms with van der Waals surface area (Å²) in [7, 11) is 0. The molecule has 0 aromatic carbocycles. The van der Waals surface area contributed by atoms with Gasteiger partial charge in [-0.3, -0.25) is 4.98 Å². The van der Waals surface area contributed by atoms with Gasteiger partial charge in [0, 0.05) is 17.9 Å². The zero-order valence-electron chi connectivity index (χ0n) is 9.66. The monoisotopic (exact) mass is 204 g/mol. The van der Waals surface area contributed by atoms with E-state index in [1.165, 1.54) is 12.0 Å². The van der Waals surface area contributed by atoms with Gasteiger partial charge >= 0.3 is 0 Å². The summed E-state index contributed by atoms with van der Waals surface area (Å²) in [5, 5.41) is 0. The first-order valence-corrected chi connectivity index (χ1v) is 5.67. The molecule has 15 heavy (non-hydrogen) atoms. The highest BCUT2D eigenvalue weighted by Crippen LogP contribution is 2.43. The van der Waals surface area contributed by atoms with Crippen LogP contribution in [0.25, 0.3) is 0 Å². The maximum atomic E-state index is 6.45. The topological polar surface area (TPSA) is 38.9 Å². The van der Waals surface area contributed by atoms with E-state index in [0.29, 0.717) is 5.41 Å². The van der Waals surface area contributed by atoms with Gasteiger partial charge in [0.2, 0.25) is 0 Å². The second-order valence-electron chi connectivity index (χ2n) is 5.74. The molecule has 0 spiro atoms. The van der Waals surface area contributed by atoms with Crippen molar-refractivity contribution < 1.29 is 0 Å². The van der Waals surface area contributed by atoms with E-state index in [2.05, 4.69) is 31.0 Å². The first-order valence-electron chi connectivity index (χ1n) is 5.67. The molecule has 0 amide bonds. The Balaban J connectivity index is 2.07. The lowest BCUT2D eigenvalue weighted by Gasteiger charge is -2.26. The van der Waals surface area contributed by atoms with E-state index in [1.54, 1.807) is 0 Å². The highest BCUT2D eigenvalue weighted by Gasteiger charge is 2.40. The van der Waals surface area contributed by atoms with Gasteiger partial charge in [-0.05, 0) is 48.8 Å². The van der Waals surface area contributed by atoms with Crippen molar-refractivity contribution >= 4 is 0 Å². The zero-order valence-corrected chi connectivity index (χ0v) is 9.66. The van der Waals surface area contributed by atoms with Gasteiger partial charge in [0.15, 0.2) is 0 Å². The molecule has 0 aliphatic heterocycles. The van der Waals surface area contributed by atoms with Crippen molar-refractivity contribution in [3.8, 4) is 0 Å². The summed E-state index contributed by atoms with van der Waals surface area (Å²) < 4.78 is 0. The van der Waals surface area contributed by atoms with Gasteiger partial charge in [-0.1, -0.05) is 13.8 Å². The van der Waals surface area contributed by atoms with Crippen LogP contribution in [0.5, 0.6) is 0 Å². The van der Waals surface area contributed by atoms with Gasteiger partial charge in [0.25, 0.3) is 0 Å². The Bertz CT molecular complexity index is 332. The second-order valence-corrected chi connectivity index (χ2v) is 5.74. The molecule has 1 aliphatic rings. The number of nitrogens with two attached hydrogens (primary N) is 1. The van der Waals surface area contributed by atoms with Crippen molar-refractivity contribution in [2.75, 3.05) is 0 Å². The van der Waals surface area contributed by atoms with E-state index < -0.39 is 0 Å². The van der Waals surface area contributed by atoms with Crippen molar-refractivity contribution in [3.63, 3.8) is 0 Å². The molecule has 1 heterocycles. The number of pyridine rings is 1. The Hall–Kier alpha value is -0.890. The molecule has 1 saturated carbocycles. The quantitative estimate of drug-likeness (QED) is 0.804. The molecule has 0 saturated heterocycles. The number of hydrogen-bond acceptors (Lipinski definition) is 2. The molecule has 1 aliphatic carbocycles. The highest BCUT2D eigenvalue weighted by molar-refractivity contribution is 5.15. The van der Waals surface area contributed by atoms with Crippen LogP contribution in [-0.2, 0) is 6.42 Å². The molecule has 1 aromatic rings. The van der Waals surface area contributed by atoms with Gasteiger partial charge in [0.1, 0.15) is 0 Å². The summed E-state index contributed by atoms with van der Waals surface area (Å²) in [5.41, 5.74) is 8.18. The predicted molar refractivity (Wildman–Crippen MR) is 62.5 cm³/mol. The first kappa shape index (κ1) is 10.6. The van der Waals surface area contributed by atoms with Crippen LogP contribution < -0.4 is 5.73 Å². The van der Waals surface area contributed by atoms with Crippen molar-refractivity contribution in [2.45, 2.75) is 45.1 Å². The lowest BCUT2D eigenvalue weighted by molar-refractivity contribution is 0.334. The summed E-state index contributed by atoms with van der Waals surface area (Å²) in [6.45, 7) is 4.63. The van der Waals surface area contributed by atoms with Crippen LogP contribution >= 0.6 is 0 Å². The van der Waals surface area contributed by atoms with Gasteiger partial charge < -0.3 is 5.73 Å². The maximum absolute atomic E-state index is 6.45. The average molecular weight is 204 g/mol. The van der Waals surface area contributed by atoms with E-state index >= 15 is 0 Å². The number of hydrogen-bond donors (Lipinski definition) is 1. The minimum atomic E-state index is 0.00481. The van der Waals surface area contributed by atoms with Crippen molar-refractivity contribution in [2.24, 2.45) is 11.1 Å². The van der Waals surface area contributed by atoms with E-state index in [0.717, 1.165) is 19.3 Å². The number of nitrogens with zero attached hydrogens (tertiary/aromatic N) is 1. The van der Waals surface area contributed by atoms with E-state index in [1.807, 2.05) is 12.4 Å². The molecule has 0 bridgehead atoms. The fraction of sp³-hybridized carbons (Fsp3) is 0.615. The Kier molecular flexibility index (Phi) is 2.55. The minimum Gasteiger partial charge on any atom is -0.325 e. The standard InChI is InChI=1S/C13H20N2/c1-12(2)5-6-13(14,10-12)9-11-3-7-15-8-4-11/h3-4,7-8H,5-6,9-10,14H2,1-2H3. The molecule has 1 atom stereocenters. The fourth-order valence-electron chi connectivity index (χ4n) is 2.78. The van der Waals surface area contributed by atoms with Crippen LogP contribution in [0.1, 0.15) is 38.7 Å². The van der Waals surface area contributed by atoms with Crippen LogP contribution in [0.2, 0.25) is 0 Å². The molecule has 1 aromatic heterocycles. The van der Waals surface area contributed by atoms with Crippen LogP contribution in [0.4, 0.5) is 0 Å². The normalized spacial score (nSPS) is 29.3. The molecule has 2 nitrogen and oxygen atoms in total. The van der Waals surface area contributed by atoms with Crippen molar-refractivity contribution in [1.29, 1.82) is 0 Å². The van der Waals surface area contributed by atoms with Crippen molar-refractivity contribution in [1.82, 2.24) is 4.98 Å². The molecule has 82 valence electrons. The summed E-state index contributed by atoms with van der Waals surface area (Å²) >= 11 is 0. The lowest BCUT2D eigenvalue weighted by Crippen LogP contribution is -2.40. The molecule has 1 fully saturated rings. The Morgan fingerprint density at radius 3 is 2.47 bits per heavy atom. The Morgan fingerprint density at radius 2 is 1.93 bits per heavy atom. The third-order valence-corrected chi connectivity index (χ3v) is 3.44. The smallest absolute Gasteiger partial charge is 0.0270 e. The lowest BCUT2D eigenvalue weighted by atomic mass is 9.85. The molecular formula is C13H20N2. The SMILES string of the molecule is CC1(C)CCC(N)(Cc2ccncc2)C1. The van der Waals surface area contributed by atoms with Crippen LogP contribution in [0.15, 0.2) is 24.5 Å². The summed E-state index contributed by atoms with van der Waals surface area (Å²) in [4.78, 5) is 4.03. The molecule has 2 rings (SSSR count). The Morgan fingerprint density at radius 1 is 1.27 bits per heavy atom. The molecular weight excluding hydrogens is 184 g/mol. The van der Waals surface area contributed by atoms with E-state index in [9.17, 15) is 0 Å². The van der Waals surface area contributed by atoms with Gasteiger partial charge in [-0.15, -0.1) is 0 Å². The van der Waals surface area contributed by atoms with E-state index in [4.69, 9.17) is 5.73 Å². The first-order chi connectivity index (χ1) is 6.99. The van der Waals surface area contributed by atoms with Gasteiger partial charge in [0.05, 0.1) is 0 Å². The molecule has 2 N–H and O–H groups in total. The molecule has 0 radical (unpaired) electrons. The van der Waals surface area contributed by atoms with Crippen LogP contribution in [0, 0.1) is 5.41 Å². The van der Waals surface area contributed by atoms with Gasteiger partial charge in [-0.25, -0.2) is 0 Å². The van der Waals surface area contributed by atoms with Crippen molar-refractivity contribution in [3.05, 3.63) is 30.1 Å². The fourth-order valence-corrected chi connectivity index (χ4v) is 2.78. The summed E-state index contributed by atoms with van der Waals surface area (Å²) in [5.74, 6) is 0. The third-order valence-electron chi connectivity index (χ3n) is 3.44. The number of rotatable bonds is 2. The van der Waals surface area contributed by atoms with Crippen LogP contribution in [-0.4, -0.2) is 10.5 Å². The molecule has 1 unspecified atom stereocenters. The predicted octanol–water partition coefficient (Wildman–Crippen LogP) is 2.53. The zero-order chi connectivity index (χ0) is 10.9. The average Bonchev–Trinajstić information content (AvgIpc) is 2.42. The van der Waals surface area contributed by atoms with E-state index in [-0.39, 0.29) is 5.54 Å². The maximum Gasteiger partial charge on any atom is 0.0270 e. The third kappa shape index (κ3) is 2.57. The summed E-state index contributed by atoms with van der Waals surface area (Å²) in [6.07, 6.45) is 8.19. The largest absolute Gasteiger partial charge is 0.325 e. The van der Waals surface area contributed by atoms with Crippen LogP contribution in [0.3, 0.4) is 0 Å². The highest BCUT2D eigenvalue weighted by atomic mass is 14.8. The molecule has 2 heteroatoms. The minimum absolute atomic E-state index is 0.00481. The number of aromatic nitrogens is 1. The second kappa shape index (κ2) is 3.60.